The quantitative estimate of drug-likeness (QED) is 0.890. The smallest absolute Gasteiger partial charge is 0.261 e. The number of carbonyl (C=O) groups excluding carboxylic acids is 1. The summed E-state index contributed by atoms with van der Waals surface area (Å²) in [6.45, 7) is 0. The van der Waals surface area contributed by atoms with E-state index in [1.54, 1.807) is 24.3 Å². The zero-order valence-electron chi connectivity index (χ0n) is 9.04. The number of halogens is 2. The lowest BCUT2D eigenvalue weighted by molar-refractivity contribution is 0.102. The van der Waals surface area contributed by atoms with Gasteiger partial charge in [0.15, 0.2) is 0 Å². The molecule has 0 aliphatic rings. The molecule has 0 bridgehead atoms. The first-order chi connectivity index (χ1) is 8.58. The van der Waals surface area contributed by atoms with Gasteiger partial charge in [0, 0.05) is 6.20 Å². The SMILES string of the molecule is O=C(Nc1ccccc1Cl)c1cc(Cl)c[nH]c1=O. The Kier molecular flexibility index (Phi) is 3.69. The Labute approximate surface area is 113 Å². The van der Waals surface area contributed by atoms with Gasteiger partial charge >= 0.3 is 0 Å². The van der Waals surface area contributed by atoms with E-state index in [-0.39, 0.29) is 10.6 Å². The first kappa shape index (κ1) is 12.7. The summed E-state index contributed by atoms with van der Waals surface area (Å²) in [6, 6.07) is 8.04. The van der Waals surface area contributed by atoms with Gasteiger partial charge < -0.3 is 10.3 Å². The molecule has 0 aliphatic heterocycles. The summed E-state index contributed by atoms with van der Waals surface area (Å²) in [5.41, 5.74) is -0.144. The molecule has 0 fully saturated rings. The van der Waals surface area contributed by atoms with E-state index in [0.29, 0.717) is 10.7 Å². The second-order valence-corrected chi connectivity index (χ2v) is 4.34. The van der Waals surface area contributed by atoms with Crippen LogP contribution in [0.1, 0.15) is 10.4 Å². The third-order valence-corrected chi connectivity index (χ3v) is 2.78. The molecule has 0 unspecified atom stereocenters. The van der Waals surface area contributed by atoms with Crippen LogP contribution in [0.2, 0.25) is 10.0 Å². The molecule has 4 nitrogen and oxygen atoms in total. The Hall–Kier alpha value is -1.78. The molecule has 1 heterocycles. The summed E-state index contributed by atoms with van der Waals surface area (Å²) in [5.74, 6) is -0.563. The van der Waals surface area contributed by atoms with E-state index in [4.69, 9.17) is 23.2 Å². The van der Waals surface area contributed by atoms with Gasteiger partial charge in [-0.05, 0) is 18.2 Å². The summed E-state index contributed by atoms with van der Waals surface area (Å²) in [7, 11) is 0. The van der Waals surface area contributed by atoms with Gasteiger partial charge in [-0.1, -0.05) is 35.3 Å². The fourth-order valence-electron chi connectivity index (χ4n) is 1.38. The lowest BCUT2D eigenvalue weighted by atomic mass is 10.2. The normalized spacial score (nSPS) is 10.1. The third-order valence-electron chi connectivity index (χ3n) is 2.23. The highest BCUT2D eigenvalue weighted by molar-refractivity contribution is 6.34. The Morgan fingerprint density at radius 1 is 1.22 bits per heavy atom. The molecular weight excluding hydrogens is 275 g/mol. The number of anilines is 1. The molecule has 0 spiro atoms. The van der Waals surface area contributed by atoms with Gasteiger partial charge in [0.05, 0.1) is 15.7 Å². The van der Waals surface area contributed by atoms with Crippen LogP contribution in [-0.2, 0) is 0 Å². The summed E-state index contributed by atoms with van der Waals surface area (Å²) in [6.07, 6.45) is 1.32. The topological polar surface area (TPSA) is 62.0 Å². The number of rotatable bonds is 2. The molecule has 1 aromatic carbocycles. The van der Waals surface area contributed by atoms with Crippen molar-refractivity contribution in [2.24, 2.45) is 0 Å². The van der Waals surface area contributed by atoms with E-state index in [2.05, 4.69) is 10.3 Å². The van der Waals surface area contributed by atoms with Crippen LogP contribution in [0.3, 0.4) is 0 Å². The zero-order chi connectivity index (χ0) is 13.1. The van der Waals surface area contributed by atoms with Crippen LogP contribution in [0.5, 0.6) is 0 Å². The van der Waals surface area contributed by atoms with Crippen LogP contribution < -0.4 is 10.9 Å². The number of para-hydroxylation sites is 1. The monoisotopic (exact) mass is 282 g/mol. The number of amides is 1. The predicted octanol–water partition coefficient (Wildman–Crippen LogP) is 2.93. The number of carbonyl (C=O) groups is 1. The fraction of sp³-hybridized carbons (Fsp3) is 0. The van der Waals surface area contributed by atoms with Crippen LogP contribution in [0, 0.1) is 0 Å². The van der Waals surface area contributed by atoms with Crippen LogP contribution in [0.15, 0.2) is 41.3 Å². The first-order valence-corrected chi connectivity index (χ1v) is 5.77. The minimum atomic E-state index is -0.563. The highest BCUT2D eigenvalue weighted by atomic mass is 35.5. The number of hydrogen-bond donors (Lipinski definition) is 2. The highest BCUT2D eigenvalue weighted by Gasteiger charge is 2.12. The largest absolute Gasteiger partial charge is 0.327 e. The Balaban J connectivity index is 2.31. The molecule has 0 radical (unpaired) electrons. The summed E-state index contributed by atoms with van der Waals surface area (Å²) in [5, 5.41) is 3.21. The van der Waals surface area contributed by atoms with Gasteiger partial charge in [-0.15, -0.1) is 0 Å². The molecule has 2 aromatic rings. The van der Waals surface area contributed by atoms with Crippen LogP contribution in [0.25, 0.3) is 0 Å². The molecular formula is C12H8Cl2N2O2. The minimum absolute atomic E-state index is 0.0672. The highest BCUT2D eigenvalue weighted by Crippen LogP contribution is 2.20. The van der Waals surface area contributed by atoms with E-state index in [1.807, 2.05) is 0 Å². The van der Waals surface area contributed by atoms with Crippen molar-refractivity contribution in [3.05, 3.63) is 62.5 Å². The Bertz CT molecular complexity index is 653. The van der Waals surface area contributed by atoms with Gasteiger partial charge in [0.1, 0.15) is 5.56 Å². The van der Waals surface area contributed by atoms with E-state index < -0.39 is 11.5 Å². The number of aromatic amines is 1. The Morgan fingerprint density at radius 3 is 2.67 bits per heavy atom. The Morgan fingerprint density at radius 2 is 1.94 bits per heavy atom. The van der Waals surface area contributed by atoms with E-state index in [0.717, 1.165) is 0 Å². The molecule has 6 heteroatoms. The van der Waals surface area contributed by atoms with Crippen LogP contribution in [0.4, 0.5) is 5.69 Å². The second kappa shape index (κ2) is 5.25. The number of pyridine rings is 1. The minimum Gasteiger partial charge on any atom is -0.327 e. The van der Waals surface area contributed by atoms with Crippen molar-refractivity contribution in [2.45, 2.75) is 0 Å². The van der Waals surface area contributed by atoms with Crippen LogP contribution >= 0.6 is 23.2 Å². The number of H-pyrrole nitrogens is 1. The van der Waals surface area contributed by atoms with Gasteiger partial charge in [-0.3, -0.25) is 9.59 Å². The van der Waals surface area contributed by atoms with Crippen molar-refractivity contribution in [3.63, 3.8) is 0 Å². The maximum absolute atomic E-state index is 11.9. The third kappa shape index (κ3) is 2.72. The molecule has 0 saturated heterocycles. The molecule has 92 valence electrons. The second-order valence-electron chi connectivity index (χ2n) is 3.49. The number of hydrogen-bond acceptors (Lipinski definition) is 2. The van der Waals surface area contributed by atoms with Crippen LogP contribution in [-0.4, -0.2) is 10.9 Å². The molecule has 0 saturated carbocycles. The van der Waals surface area contributed by atoms with E-state index >= 15 is 0 Å². The van der Waals surface area contributed by atoms with E-state index in [9.17, 15) is 9.59 Å². The lowest BCUT2D eigenvalue weighted by Gasteiger charge is -2.06. The zero-order valence-corrected chi connectivity index (χ0v) is 10.5. The molecule has 1 amide bonds. The summed E-state index contributed by atoms with van der Waals surface area (Å²) < 4.78 is 0. The van der Waals surface area contributed by atoms with Crippen molar-refractivity contribution in [3.8, 4) is 0 Å². The predicted molar refractivity (Wildman–Crippen MR) is 71.5 cm³/mol. The fourth-order valence-corrected chi connectivity index (χ4v) is 1.72. The number of benzene rings is 1. The first-order valence-electron chi connectivity index (χ1n) is 5.02. The van der Waals surface area contributed by atoms with Crippen molar-refractivity contribution in [1.82, 2.24) is 4.98 Å². The lowest BCUT2D eigenvalue weighted by Crippen LogP contribution is -2.22. The number of aromatic nitrogens is 1. The average molecular weight is 283 g/mol. The molecule has 18 heavy (non-hydrogen) atoms. The average Bonchev–Trinajstić information content (AvgIpc) is 2.35. The standard InChI is InChI=1S/C12H8Cl2N2O2/c13-7-5-8(11(17)15-6-7)12(18)16-10-4-2-1-3-9(10)14/h1-6H,(H,15,17)(H,16,18). The molecule has 0 atom stereocenters. The molecule has 0 aliphatic carbocycles. The van der Waals surface area contributed by atoms with Crippen molar-refractivity contribution in [2.75, 3.05) is 5.32 Å². The molecule has 1 aromatic heterocycles. The van der Waals surface area contributed by atoms with Gasteiger partial charge in [0.25, 0.3) is 11.5 Å². The maximum Gasteiger partial charge on any atom is 0.261 e. The van der Waals surface area contributed by atoms with Gasteiger partial charge in [-0.2, -0.15) is 0 Å². The summed E-state index contributed by atoms with van der Waals surface area (Å²) >= 11 is 11.6. The van der Waals surface area contributed by atoms with Crippen molar-refractivity contribution >= 4 is 34.8 Å². The molecule has 2 N–H and O–H groups in total. The number of nitrogens with one attached hydrogen (secondary N) is 2. The van der Waals surface area contributed by atoms with Crippen molar-refractivity contribution < 1.29 is 4.79 Å². The van der Waals surface area contributed by atoms with E-state index in [1.165, 1.54) is 12.3 Å². The van der Waals surface area contributed by atoms with Gasteiger partial charge in [-0.25, -0.2) is 0 Å². The summed E-state index contributed by atoms with van der Waals surface area (Å²) in [4.78, 5) is 25.7. The maximum atomic E-state index is 11.9. The van der Waals surface area contributed by atoms with Crippen molar-refractivity contribution in [1.29, 1.82) is 0 Å². The van der Waals surface area contributed by atoms with Gasteiger partial charge in [0.2, 0.25) is 0 Å². The molecule has 2 rings (SSSR count).